The topological polar surface area (TPSA) is 12.5 Å². The van der Waals surface area contributed by atoms with E-state index in [4.69, 9.17) is 4.74 Å². The Morgan fingerprint density at radius 2 is 1.50 bits per heavy atom. The van der Waals surface area contributed by atoms with Gasteiger partial charge in [0.25, 0.3) is 0 Å². The molecule has 0 unspecified atom stereocenters. The van der Waals surface area contributed by atoms with Gasteiger partial charge in [-0.15, -0.1) is 6.58 Å². The first-order chi connectivity index (χ1) is 7.83. The average molecular weight is 278 g/mol. The van der Waals surface area contributed by atoms with Crippen molar-refractivity contribution in [2.45, 2.75) is 55.9 Å². The average Bonchev–Trinajstić information content (AvgIpc) is 2.86. The fourth-order valence-electron chi connectivity index (χ4n) is 2.40. The number of hydrogen-bond acceptors (Lipinski definition) is 1. The number of hydrogen-bond donors (Lipinski definition) is 0. The Balaban J connectivity index is 3.39. The third kappa shape index (κ3) is 1.56. The molecule has 0 aromatic heterocycles. The molecular formula is C13H21F3OSi. The highest BCUT2D eigenvalue weighted by Crippen LogP contribution is 2.66. The van der Waals surface area contributed by atoms with E-state index in [0.717, 1.165) is 6.08 Å². The van der Waals surface area contributed by atoms with Gasteiger partial charge in [0.05, 0.1) is 0 Å². The molecule has 0 spiro atoms. The molecule has 0 radical (unpaired) electrons. The summed E-state index contributed by atoms with van der Waals surface area (Å²) in [5, 5.41) is -1.56. The highest BCUT2D eigenvalue weighted by atomic mass is 28.3. The number of halogens is 3. The molecule has 0 aromatic carbocycles. The summed E-state index contributed by atoms with van der Waals surface area (Å²) in [6.07, 6.45) is -2.24. The Morgan fingerprint density at radius 1 is 1.06 bits per heavy atom. The Hall–Kier alpha value is -0.553. The van der Waals surface area contributed by atoms with Gasteiger partial charge >= 0.3 is 6.18 Å². The second-order valence-electron chi connectivity index (χ2n) is 6.35. The first-order valence-corrected chi connectivity index (χ1v) is 8.87. The first-order valence-electron chi connectivity index (χ1n) is 5.87. The van der Waals surface area contributed by atoms with Crippen molar-refractivity contribution in [3.05, 3.63) is 25.3 Å². The normalized spacial score (nSPS) is 33.1. The molecule has 1 rings (SSSR count). The van der Waals surface area contributed by atoms with E-state index in [0.29, 0.717) is 0 Å². The molecule has 18 heavy (non-hydrogen) atoms. The molecule has 2 atom stereocenters. The fraction of sp³-hybridized carbons (Fsp3) is 0.692. The summed E-state index contributed by atoms with van der Waals surface area (Å²) < 4.78 is 45.1. The van der Waals surface area contributed by atoms with Gasteiger partial charge in [-0.25, -0.2) is 0 Å². The minimum atomic E-state index is -4.46. The quantitative estimate of drug-likeness (QED) is 0.421. The van der Waals surface area contributed by atoms with Crippen molar-refractivity contribution < 1.29 is 17.9 Å². The molecular weight excluding hydrogens is 257 g/mol. The van der Waals surface area contributed by atoms with Crippen molar-refractivity contribution in [3.63, 3.8) is 0 Å². The van der Waals surface area contributed by atoms with E-state index in [1.807, 2.05) is 33.9 Å². The van der Waals surface area contributed by atoms with Crippen LogP contribution in [0.4, 0.5) is 13.2 Å². The predicted octanol–water partition coefficient (Wildman–Crippen LogP) is 4.48. The molecule has 1 aliphatic heterocycles. The van der Waals surface area contributed by atoms with E-state index >= 15 is 0 Å². The minimum Gasteiger partial charge on any atom is -0.348 e. The zero-order chi connectivity index (χ0) is 14.6. The molecule has 1 fully saturated rings. The fourth-order valence-corrected chi connectivity index (χ4v) is 5.62. The van der Waals surface area contributed by atoms with E-state index in [-0.39, 0.29) is 5.04 Å². The van der Waals surface area contributed by atoms with Gasteiger partial charge in [0.15, 0.2) is 0 Å². The minimum absolute atomic E-state index is 0.239. The molecule has 1 heterocycles. The van der Waals surface area contributed by atoms with Gasteiger partial charge in [-0.3, -0.25) is 0 Å². The van der Waals surface area contributed by atoms with Crippen molar-refractivity contribution >= 4 is 8.07 Å². The Morgan fingerprint density at radius 3 is 1.67 bits per heavy atom. The zero-order valence-corrected chi connectivity index (χ0v) is 12.6. The van der Waals surface area contributed by atoms with Gasteiger partial charge < -0.3 is 4.74 Å². The Labute approximate surface area is 108 Å². The molecule has 1 nitrogen and oxygen atoms in total. The molecule has 0 aliphatic carbocycles. The maximum absolute atomic E-state index is 13.3. The molecule has 0 N–H and O–H groups in total. The molecule has 1 aliphatic rings. The van der Waals surface area contributed by atoms with E-state index in [2.05, 4.69) is 13.2 Å². The monoisotopic (exact) mass is 278 g/mol. The van der Waals surface area contributed by atoms with Gasteiger partial charge in [0, 0.05) is 0 Å². The van der Waals surface area contributed by atoms with Crippen molar-refractivity contribution in [1.82, 2.24) is 0 Å². The number of alkyl halides is 3. The number of epoxide rings is 1. The summed E-state index contributed by atoms with van der Waals surface area (Å²) in [5.74, 6) is 0. The largest absolute Gasteiger partial charge is 0.424 e. The van der Waals surface area contributed by atoms with Gasteiger partial charge in [0.1, 0.15) is 13.3 Å². The van der Waals surface area contributed by atoms with Crippen LogP contribution in [0.3, 0.4) is 0 Å². The van der Waals surface area contributed by atoms with Crippen molar-refractivity contribution in [1.29, 1.82) is 0 Å². The van der Waals surface area contributed by atoms with E-state index in [9.17, 15) is 13.2 Å². The second-order valence-corrected chi connectivity index (χ2v) is 11.8. The SMILES string of the molecule is C=C[C@]1(C(F)(F)F)O[C@@]1(C=C)[Si](C)(C)C(C)(C)C. The Kier molecular flexibility index (Phi) is 3.21. The molecule has 5 heteroatoms. The van der Waals surface area contributed by atoms with Crippen LogP contribution in [0, 0.1) is 0 Å². The standard InChI is InChI=1S/C13H21F3OSi/c1-8-11(13(14,15)16)12(9-2,17-11)18(6,7)10(3,4)5/h8-9H,1-2H2,3-7H3/t11-,12-/m0/s1. The lowest BCUT2D eigenvalue weighted by Crippen LogP contribution is -2.57. The van der Waals surface area contributed by atoms with Gasteiger partial charge in [-0.1, -0.05) is 46.5 Å². The lowest BCUT2D eigenvalue weighted by atomic mass is 10.0. The molecule has 0 aromatic rings. The summed E-state index contributed by atoms with van der Waals surface area (Å²) in [4.78, 5) is 0. The van der Waals surface area contributed by atoms with Crippen LogP contribution in [-0.4, -0.2) is 25.1 Å². The molecule has 0 saturated carbocycles. The van der Waals surface area contributed by atoms with Crippen LogP contribution in [0.1, 0.15) is 20.8 Å². The maximum Gasteiger partial charge on any atom is 0.424 e. The maximum atomic E-state index is 13.3. The molecule has 0 amide bonds. The van der Waals surface area contributed by atoms with Crippen LogP contribution in [0.25, 0.3) is 0 Å². The number of ether oxygens (including phenoxy) is 1. The first kappa shape index (κ1) is 15.5. The van der Waals surface area contributed by atoms with Crippen molar-refractivity contribution in [2.24, 2.45) is 0 Å². The summed E-state index contributed by atoms with van der Waals surface area (Å²) in [6.45, 7) is 16.6. The van der Waals surface area contributed by atoms with Crippen LogP contribution >= 0.6 is 0 Å². The third-order valence-corrected chi connectivity index (χ3v) is 10.9. The van der Waals surface area contributed by atoms with Crippen LogP contribution in [0.2, 0.25) is 18.1 Å². The second kappa shape index (κ2) is 3.73. The lowest BCUT2D eigenvalue weighted by molar-refractivity contribution is -0.169. The summed E-state index contributed by atoms with van der Waals surface area (Å²) in [7, 11) is -2.42. The van der Waals surface area contributed by atoms with E-state index in [1.165, 1.54) is 6.08 Å². The molecule has 0 bridgehead atoms. The highest BCUT2D eigenvalue weighted by molar-refractivity contribution is 6.84. The van der Waals surface area contributed by atoms with E-state index < -0.39 is 25.1 Å². The number of rotatable bonds is 3. The van der Waals surface area contributed by atoms with Crippen molar-refractivity contribution in [3.8, 4) is 0 Å². The van der Waals surface area contributed by atoms with Crippen LogP contribution < -0.4 is 0 Å². The van der Waals surface area contributed by atoms with Crippen LogP contribution in [0.5, 0.6) is 0 Å². The molecule has 1 saturated heterocycles. The van der Waals surface area contributed by atoms with Crippen molar-refractivity contribution in [2.75, 3.05) is 0 Å². The summed E-state index contributed by atoms with van der Waals surface area (Å²) in [5.41, 5.74) is -2.26. The molecule has 104 valence electrons. The third-order valence-electron chi connectivity index (χ3n) is 4.63. The predicted molar refractivity (Wildman–Crippen MR) is 70.2 cm³/mol. The summed E-state index contributed by atoms with van der Waals surface area (Å²) in [6, 6.07) is 0. The van der Waals surface area contributed by atoms with E-state index in [1.54, 1.807) is 0 Å². The van der Waals surface area contributed by atoms with Gasteiger partial charge in [0.2, 0.25) is 5.60 Å². The van der Waals surface area contributed by atoms with Crippen LogP contribution in [-0.2, 0) is 4.74 Å². The highest BCUT2D eigenvalue weighted by Gasteiger charge is 2.85. The van der Waals surface area contributed by atoms with Gasteiger partial charge in [-0.2, -0.15) is 13.2 Å². The lowest BCUT2D eigenvalue weighted by Gasteiger charge is -2.41. The Bertz CT molecular complexity index is 381. The summed E-state index contributed by atoms with van der Waals surface area (Å²) >= 11 is 0. The zero-order valence-electron chi connectivity index (χ0n) is 11.6. The smallest absolute Gasteiger partial charge is 0.348 e. The van der Waals surface area contributed by atoms with Gasteiger partial charge in [-0.05, 0) is 11.1 Å². The van der Waals surface area contributed by atoms with Crippen LogP contribution in [0.15, 0.2) is 25.3 Å².